The summed E-state index contributed by atoms with van der Waals surface area (Å²) in [5, 5.41) is 11.1. The summed E-state index contributed by atoms with van der Waals surface area (Å²) >= 11 is 0. The van der Waals surface area contributed by atoms with Gasteiger partial charge in [-0.15, -0.1) is 0 Å². The van der Waals surface area contributed by atoms with E-state index in [2.05, 4.69) is 19.2 Å². The van der Waals surface area contributed by atoms with Crippen molar-refractivity contribution in [3.05, 3.63) is 29.8 Å². The van der Waals surface area contributed by atoms with Crippen LogP contribution in [-0.2, 0) is 9.59 Å². The van der Waals surface area contributed by atoms with Crippen LogP contribution >= 0.6 is 0 Å². The lowest BCUT2D eigenvalue weighted by Crippen LogP contribution is -2.38. The minimum Gasteiger partial charge on any atom is -0.493 e. The zero-order chi connectivity index (χ0) is 15.1. The monoisotopic (exact) mass is 279 g/mol. The zero-order valence-electron chi connectivity index (χ0n) is 12.1. The minimum atomic E-state index is -1.05. The lowest BCUT2D eigenvalue weighted by atomic mass is 10.0. The first kappa shape index (κ1) is 16.0. The molecule has 0 bridgehead atoms. The quantitative estimate of drug-likeness (QED) is 0.802. The number of ether oxygens (including phenoxy) is 1. The number of aliphatic carboxylic acids is 1. The number of carbonyl (C=O) groups is 2. The molecule has 2 N–H and O–H groups in total. The van der Waals surface area contributed by atoms with E-state index < -0.39 is 12.0 Å². The van der Waals surface area contributed by atoms with Crippen molar-refractivity contribution in [3.63, 3.8) is 0 Å². The van der Waals surface area contributed by atoms with Crippen LogP contribution in [0.4, 0.5) is 0 Å². The number of amides is 1. The lowest BCUT2D eigenvalue weighted by Gasteiger charge is -2.14. The van der Waals surface area contributed by atoms with Gasteiger partial charge in [0.1, 0.15) is 11.8 Å². The molecule has 0 aliphatic rings. The van der Waals surface area contributed by atoms with Crippen molar-refractivity contribution in [1.82, 2.24) is 5.32 Å². The van der Waals surface area contributed by atoms with Crippen LogP contribution in [0.5, 0.6) is 5.75 Å². The standard InChI is InChI=1S/C15H21NO4/c1-10(2)12-6-4-5-7-13(12)20-9-8-14(17)16-11(3)15(18)19/h4-7,10-11H,8-9H2,1-3H3,(H,16,17)(H,18,19). The number of carboxylic acids is 1. The van der Waals surface area contributed by atoms with Crippen LogP contribution in [-0.4, -0.2) is 29.6 Å². The fourth-order valence-corrected chi connectivity index (χ4v) is 1.72. The summed E-state index contributed by atoms with van der Waals surface area (Å²) in [6.45, 7) is 5.80. The van der Waals surface area contributed by atoms with E-state index in [1.807, 2.05) is 24.3 Å². The lowest BCUT2D eigenvalue weighted by molar-refractivity contribution is -0.141. The van der Waals surface area contributed by atoms with Gasteiger partial charge in [-0.25, -0.2) is 0 Å². The summed E-state index contributed by atoms with van der Waals surface area (Å²) in [4.78, 5) is 22.1. The number of benzene rings is 1. The topological polar surface area (TPSA) is 75.6 Å². The molecule has 0 saturated heterocycles. The maximum absolute atomic E-state index is 11.5. The average Bonchev–Trinajstić information content (AvgIpc) is 2.38. The van der Waals surface area contributed by atoms with Crippen LogP contribution in [0.15, 0.2) is 24.3 Å². The zero-order valence-corrected chi connectivity index (χ0v) is 12.1. The van der Waals surface area contributed by atoms with Gasteiger partial charge in [-0.2, -0.15) is 0 Å². The molecular formula is C15H21NO4. The number of para-hydroxylation sites is 1. The molecule has 0 radical (unpaired) electrons. The van der Waals surface area contributed by atoms with Crippen molar-refractivity contribution >= 4 is 11.9 Å². The highest BCUT2D eigenvalue weighted by molar-refractivity contribution is 5.83. The van der Waals surface area contributed by atoms with Crippen molar-refractivity contribution in [2.45, 2.75) is 39.2 Å². The number of nitrogens with one attached hydrogen (secondary N) is 1. The summed E-state index contributed by atoms with van der Waals surface area (Å²) in [5.41, 5.74) is 1.09. The van der Waals surface area contributed by atoms with Crippen molar-refractivity contribution in [1.29, 1.82) is 0 Å². The molecule has 0 aromatic heterocycles. The van der Waals surface area contributed by atoms with Gasteiger partial charge in [-0.05, 0) is 24.5 Å². The molecule has 5 nitrogen and oxygen atoms in total. The van der Waals surface area contributed by atoms with Crippen molar-refractivity contribution < 1.29 is 19.4 Å². The molecule has 1 aromatic carbocycles. The molecule has 1 atom stereocenters. The smallest absolute Gasteiger partial charge is 0.325 e. The van der Waals surface area contributed by atoms with Gasteiger partial charge in [0.05, 0.1) is 13.0 Å². The van der Waals surface area contributed by atoms with E-state index in [4.69, 9.17) is 9.84 Å². The molecule has 0 aliphatic heterocycles. The Kier molecular flexibility index (Phi) is 6.03. The summed E-state index contributed by atoms with van der Waals surface area (Å²) in [5.74, 6) is -0.278. The van der Waals surface area contributed by atoms with Crippen molar-refractivity contribution in [2.24, 2.45) is 0 Å². The van der Waals surface area contributed by atoms with Gasteiger partial charge in [0, 0.05) is 0 Å². The molecular weight excluding hydrogens is 258 g/mol. The second kappa shape index (κ2) is 7.53. The summed E-state index contributed by atoms with van der Waals surface area (Å²) in [6.07, 6.45) is 0.129. The van der Waals surface area contributed by atoms with Crippen LogP contribution in [0.2, 0.25) is 0 Å². The van der Waals surface area contributed by atoms with E-state index in [0.717, 1.165) is 11.3 Å². The Morgan fingerprint density at radius 2 is 1.90 bits per heavy atom. The van der Waals surface area contributed by atoms with Crippen molar-refractivity contribution in [3.8, 4) is 5.75 Å². The Morgan fingerprint density at radius 1 is 1.25 bits per heavy atom. The van der Waals surface area contributed by atoms with Crippen molar-refractivity contribution in [2.75, 3.05) is 6.61 Å². The first-order chi connectivity index (χ1) is 9.41. The van der Waals surface area contributed by atoms with Gasteiger partial charge < -0.3 is 15.2 Å². The maximum atomic E-state index is 11.5. The van der Waals surface area contributed by atoms with Gasteiger partial charge in [0.15, 0.2) is 0 Å². The molecule has 1 aromatic rings. The third-order valence-electron chi connectivity index (χ3n) is 2.88. The SMILES string of the molecule is CC(NC(=O)CCOc1ccccc1C(C)C)C(=O)O. The van der Waals surface area contributed by atoms with Crippen LogP contribution in [0.1, 0.15) is 38.7 Å². The number of hydrogen-bond acceptors (Lipinski definition) is 3. The molecule has 5 heteroatoms. The number of carbonyl (C=O) groups excluding carboxylic acids is 1. The van der Waals surface area contributed by atoms with E-state index in [0.29, 0.717) is 5.92 Å². The summed E-state index contributed by atoms with van der Waals surface area (Å²) in [6, 6.07) is 6.81. The third kappa shape index (κ3) is 4.91. The Morgan fingerprint density at radius 3 is 2.50 bits per heavy atom. The Hall–Kier alpha value is -2.04. The first-order valence-electron chi connectivity index (χ1n) is 6.65. The average molecular weight is 279 g/mol. The van der Waals surface area contributed by atoms with Gasteiger partial charge in [-0.1, -0.05) is 32.0 Å². The highest BCUT2D eigenvalue weighted by Crippen LogP contribution is 2.25. The van der Waals surface area contributed by atoms with E-state index >= 15 is 0 Å². The fraction of sp³-hybridized carbons (Fsp3) is 0.467. The van der Waals surface area contributed by atoms with E-state index in [1.165, 1.54) is 6.92 Å². The van der Waals surface area contributed by atoms with E-state index in [9.17, 15) is 9.59 Å². The van der Waals surface area contributed by atoms with Crippen LogP contribution in [0.25, 0.3) is 0 Å². The van der Waals surface area contributed by atoms with Gasteiger partial charge in [0.25, 0.3) is 0 Å². The van der Waals surface area contributed by atoms with Crippen LogP contribution < -0.4 is 10.1 Å². The molecule has 0 saturated carbocycles. The molecule has 1 unspecified atom stereocenters. The summed E-state index contributed by atoms with van der Waals surface area (Å²) < 4.78 is 5.60. The molecule has 20 heavy (non-hydrogen) atoms. The largest absolute Gasteiger partial charge is 0.493 e. The molecule has 110 valence electrons. The van der Waals surface area contributed by atoms with E-state index in [-0.39, 0.29) is 18.9 Å². The second-order valence-electron chi connectivity index (χ2n) is 4.92. The number of carboxylic acid groups (broad SMARTS) is 1. The number of rotatable bonds is 7. The molecule has 1 rings (SSSR count). The predicted molar refractivity (Wildman–Crippen MR) is 75.9 cm³/mol. The Labute approximate surface area is 118 Å². The molecule has 0 aliphatic carbocycles. The maximum Gasteiger partial charge on any atom is 0.325 e. The Balaban J connectivity index is 2.45. The van der Waals surface area contributed by atoms with Gasteiger partial charge >= 0.3 is 5.97 Å². The Bertz CT molecular complexity index is 471. The number of hydrogen-bond donors (Lipinski definition) is 2. The fourth-order valence-electron chi connectivity index (χ4n) is 1.72. The van der Waals surface area contributed by atoms with E-state index in [1.54, 1.807) is 0 Å². The molecule has 0 spiro atoms. The van der Waals surface area contributed by atoms with Gasteiger partial charge in [-0.3, -0.25) is 9.59 Å². The second-order valence-corrected chi connectivity index (χ2v) is 4.92. The minimum absolute atomic E-state index is 0.129. The first-order valence-corrected chi connectivity index (χ1v) is 6.65. The van der Waals surface area contributed by atoms with Crippen LogP contribution in [0, 0.1) is 0 Å². The van der Waals surface area contributed by atoms with Gasteiger partial charge in [0.2, 0.25) is 5.91 Å². The molecule has 0 heterocycles. The van der Waals surface area contributed by atoms with Crippen LogP contribution in [0.3, 0.4) is 0 Å². The highest BCUT2D eigenvalue weighted by atomic mass is 16.5. The molecule has 0 fully saturated rings. The molecule has 1 amide bonds. The normalized spacial score (nSPS) is 12.0. The highest BCUT2D eigenvalue weighted by Gasteiger charge is 2.14. The summed E-state index contributed by atoms with van der Waals surface area (Å²) in [7, 11) is 0. The predicted octanol–water partition coefficient (Wildman–Crippen LogP) is 2.17. The third-order valence-corrected chi connectivity index (χ3v) is 2.88.